The summed E-state index contributed by atoms with van der Waals surface area (Å²) in [5, 5.41) is 23.0. The van der Waals surface area contributed by atoms with E-state index in [-0.39, 0.29) is 24.9 Å². The minimum Gasteiger partial charge on any atom is -0.493 e. The molecule has 1 aliphatic carbocycles. The van der Waals surface area contributed by atoms with Crippen LogP contribution in [0, 0.1) is 5.41 Å². The molecule has 0 bridgehead atoms. The van der Waals surface area contributed by atoms with Gasteiger partial charge >= 0.3 is 0 Å². The first kappa shape index (κ1) is 18.5. The largest absolute Gasteiger partial charge is 0.493 e. The van der Waals surface area contributed by atoms with Gasteiger partial charge in [-0.05, 0) is 37.1 Å². The highest BCUT2D eigenvalue weighted by molar-refractivity contribution is 5.94. The first-order valence-electron chi connectivity index (χ1n) is 9.32. The van der Waals surface area contributed by atoms with Crippen molar-refractivity contribution in [3.05, 3.63) is 60.4 Å². The number of aliphatic hydroxyl groups is 2. The van der Waals surface area contributed by atoms with Gasteiger partial charge in [0, 0.05) is 12.0 Å². The van der Waals surface area contributed by atoms with Crippen LogP contribution in [0.1, 0.15) is 23.5 Å². The smallest absolute Gasteiger partial charge is 0.287 e. The molecule has 1 amide bonds. The van der Waals surface area contributed by atoms with Crippen molar-refractivity contribution in [1.82, 2.24) is 15.3 Å². The summed E-state index contributed by atoms with van der Waals surface area (Å²) < 4.78 is 5.88. The van der Waals surface area contributed by atoms with Gasteiger partial charge < -0.3 is 25.3 Å². The van der Waals surface area contributed by atoms with Gasteiger partial charge in [-0.1, -0.05) is 30.3 Å². The number of hydrogen-bond donors (Lipinski definition) is 4. The Hall–Kier alpha value is -2.90. The predicted molar refractivity (Wildman–Crippen MR) is 104 cm³/mol. The predicted octanol–water partition coefficient (Wildman–Crippen LogP) is 1.87. The number of nitrogens with zero attached hydrogens (tertiary/aromatic N) is 1. The molecule has 2 aromatic carbocycles. The molecule has 1 saturated carbocycles. The number of nitrogens with one attached hydrogen (secondary N) is 2. The Morgan fingerprint density at radius 1 is 1.11 bits per heavy atom. The van der Waals surface area contributed by atoms with Gasteiger partial charge in [0.2, 0.25) is 0 Å². The number of hydrogen-bond acceptors (Lipinski definition) is 5. The lowest BCUT2D eigenvalue weighted by molar-refractivity contribution is 0.0438. The second-order valence-electron chi connectivity index (χ2n) is 7.43. The molecule has 4 N–H and O–H groups in total. The maximum atomic E-state index is 12.6. The van der Waals surface area contributed by atoms with E-state index in [0.717, 1.165) is 11.0 Å². The molecule has 4 rings (SSSR count). The lowest BCUT2D eigenvalue weighted by Crippen LogP contribution is -2.40. The highest BCUT2D eigenvalue weighted by atomic mass is 16.5. The Bertz CT molecular complexity index is 913. The highest BCUT2D eigenvalue weighted by Gasteiger charge is 2.45. The molecule has 1 heterocycles. The van der Waals surface area contributed by atoms with E-state index < -0.39 is 17.6 Å². The third kappa shape index (κ3) is 3.85. The van der Waals surface area contributed by atoms with Crippen LogP contribution < -0.4 is 10.1 Å². The number of imidazole rings is 1. The molecule has 7 heteroatoms. The summed E-state index contributed by atoms with van der Waals surface area (Å²) in [4.78, 5) is 19.9. The number of H-pyrrole nitrogens is 1. The van der Waals surface area contributed by atoms with Crippen LogP contribution in [0.3, 0.4) is 0 Å². The first-order chi connectivity index (χ1) is 13.5. The summed E-state index contributed by atoms with van der Waals surface area (Å²) in [5.41, 5.74) is 0.957. The van der Waals surface area contributed by atoms with E-state index in [0.29, 0.717) is 18.6 Å². The van der Waals surface area contributed by atoms with E-state index in [1.165, 1.54) is 0 Å². The fraction of sp³-hybridized carbons (Fsp3) is 0.333. The summed E-state index contributed by atoms with van der Waals surface area (Å²) in [6.45, 7) is 0.551. The fourth-order valence-electron chi connectivity index (χ4n) is 3.72. The number of benzene rings is 2. The van der Waals surface area contributed by atoms with Gasteiger partial charge in [-0.2, -0.15) is 0 Å². The molecule has 3 aromatic rings. The summed E-state index contributed by atoms with van der Waals surface area (Å²) in [5.74, 6) is 0.618. The fourth-order valence-corrected chi connectivity index (χ4v) is 3.72. The topological polar surface area (TPSA) is 107 Å². The molecule has 146 valence electrons. The molecule has 0 spiro atoms. The number of fused-ring (bicyclic) bond motifs is 1. The van der Waals surface area contributed by atoms with Crippen molar-refractivity contribution >= 4 is 16.9 Å². The van der Waals surface area contributed by atoms with E-state index in [4.69, 9.17) is 4.74 Å². The highest BCUT2D eigenvalue weighted by Crippen LogP contribution is 2.38. The Morgan fingerprint density at radius 3 is 2.50 bits per heavy atom. The third-order valence-corrected chi connectivity index (χ3v) is 5.25. The second-order valence-corrected chi connectivity index (χ2v) is 7.43. The number of ether oxygens (including phenoxy) is 1. The SMILES string of the molecule is O=C(NCC1(COc2ccccc2)CC(O)C(O)C1)c1nc2ccccc2[nH]1. The van der Waals surface area contributed by atoms with E-state index in [2.05, 4.69) is 15.3 Å². The molecule has 0 saturated heterocycles. The molecule has 0 aliphatic heterocycles. The molecule has 2 unspecified atom stereocenters. The number of para-hydroxylation sites is 3. The van der Waals surface area contributed by atoms with Crippen molar-refractivity contribution in [2.24, 2.45) is 5.41 Å². The monoisotopic (exact) mass is 381 g/mol. The van der Waals surface area contributed by atoms with Crippen molar-refractivity contribution in [3.8, 4) is 5.75 Å². The minimum atomic E-state index is -0.831. The molecule has 28 heavy (non-hydrogen) atoms. The quantitative estimate of drug-likeness (QED) is 0.521. The van der Waals surface area contributed by atoms with Crippen LogP contribution in [0.2, 0.25) is 0 Å². The van der Waals surface area contributed by atoms with Crippen molar-refractivity contribution in [2.75, 3.05) is 13.2 Å². The summed E-state index contributed by atoms with van der Waals surface area (Å²) >= 11 is 0. The Balaban J connectivity index is 1.45. The van der Waals surface area contributed by atoms with Crippen molar-refractivity contribution in [2.45, 2.75) is 25.0 Å². The molecule has 1 aromatic heterocycles. The molecule has 2 atom stereocenters. The summed E-state index contributed by atoms with van der Waals surface area (Å²) in [6, 6.07) is 16.8. The lowest BCUT2D eigenvalue weighted by atomic mass is 9.86. The van der Waals surface area contributed by atoms with E-state index in [1.54, 1.807) is 0 Å². The molecule has 0 radical (unpaired) electrons. The number of carbonyl (C=O) groups is 1. The molecular formula is C21H23N3O4. The van der Waals surface area contributed by atoms with Crippen LogP contribution in [0.15, 0.2) is 54.6 Å². The maximum Gasteiger partial charge on any atom is 0.287 e. The number of amides is 1. The Kier molecular flexibility index (Phi) is 5.02. The van der Waals surface area contributed by atoms with Gasteiger partial charge in [0.15, 0.2) is 5.82 Å². The number of aliphatic hydroxyl groups excluding tert-OH is 2. The average Bonchev–Trinajstić information content (AvgIpc) is 3.27. The zero-order valence-electron chi connectivity index (χ0n) is 15.3. The first-order valence-corrected chi connectivity index (χ1v) is 9.32. The van der Waals surface area contributed by atoms with Crippen molar-refractivity contribution in [3.63, 3.8) is 0 Å². The van der Waals surface area contributed by atoms with Gasteiger partial charge in [0.1, 0.15) is 5.75 Å². The molecule has 7 nitrogen and oxygen atoms in total. The Labute approximate surface area is 162 Å². The van der Waals surface area contributed by atoms with Gasteiger partial charge in [-0.15, -0.1) is 0 Å². The number of aromatic nitrogens is 2. The van der Waals surface area contributed by atoms with Crippen LogP contribution in [0.25, 0.3) is 11.0 Å². The average molecular weight is 381 g/mol. The van der Waals surface area contributed by atoms with E-state index >= 15 is 0 Å². The van der Waals surface area contributed by atoms with Crippen LogP contribution in [0.4, 0.5) is 0 Å². The Morgan fingerprint density at radius 2 is 1.79 bits per heavy atom. The van der Waals surface area contributed by atoms with Crippen molar-refractivity contribution in [1.29, 1.82) is 0 Å². The standard InChI is InChI=1S/C21H23N3O4/c25-17-10-21(11-18(17)26,13-28-14-6-2-1-3-7-14)12-22-20(27)19-23-15-8-4-5-9-16(15)24-19/h1-9,17-18,25-26H,10-13H2,(H,22,27)(H,23,24). The van der Waals surface area contributed by atoms with Gasteiger partial charge in [-0.25, -0.2) is 4.98 Å². The van der Waals surface area contributed by atoms with Crippen LogP contribution in [-0.2, 0) is 0 Å². The number of rotatable bonds is 6. The van der Waals surface area contributed by atoms with Crippen molar-refractivity contribution < 1.29 is 19.7 Å². The van der Waals surface area contributed by atoms with Crippen LogP contribution in [-0.4, -0.2) is 51.4 Å². The number of carbonyl (C=O) groups excluding carboxylic acids is 1. The summed E-state index contributed by atoms with van der Waals surface area (Å²) in [7, 11) is 0. The van der Waals surface area contributed by atoms with Gasteiger partial charge in [0.25, 0.3) is 5.91 Å². The summed E-state index contributed by atoms with van der Waals surface area (Å²) in [6.07, 6.45) is -0.965. The zero-order valence-corrected chi connectivity index (χ0v) is 15.3. The van der Waals surface area contributed by atoms with Gasteiger partial charge in [-0.3, -0.25) is 4.79 Å². The maximum absolute atomic E-state index is 12.6. The molecular weight excluding hydrogens is 358 g/mol. The zero-order chi connectivity index (χ0) is 19.6. The van der Waals surface area contributed by atoms with Crippen LogP contribution >= 0.6 is 0 Å². The normalized spacial score (nSPS) is 24.4. The minimum absolute atomic E-state index is 0.236. The molecule has 1 fully saturated rings. The van der Waals surface area contributed by atoms with E-state index in [1.807, 2.05) is 54.6 Å². The molecule has 1 aliphatic rings. The number of aromatic amines is 1. The third-order valence-electron chi connectivity index (χ3n) is 5.25. The van der Waals surface area contributed by atoms with Gasteiger partial charge in [0.05, 0.1) is 29.8 Å². The lowest BCUT2D eigenvalue weighted by Gasteiger charge is -2.29. The van der Waals surface area contributed by atoms with E-state index in [9.17, 15) is 15.0 Å². The second kappa shape index (κ2) is 7.61. The van der Waals surface area contributed by atoms with Crippen LogP contribution in [0.5, 0.6) is 5.75 Å².